The number of carbonyl (C=O) groups excluding carboxylic acids is 1. The first-order chi connectivity index (χ1) is 12.2. The summed E-state index contributed by atoms with van der Waals surface area (Å²) in [5.41, 5.74) is 1.10. The van der Waals surface area contributed by atoms with Gasteiger partial charge in [-0.3, -0.25) is 4.90 Å². The van der Waals surface area contributed by atoms with Crippen molar-refractivity contribution in [3.63, 3.8) is 0 Å². The molecule has 2 saturated heterocycles. The summed E-state index contributed by atoms with van der Waals surface area (Å²) in [6, 6.07) is 4.93. The van der Waals surface area contributed by atoms with Crippen LogP contribution < -0.4 is 9.80 Å². The molecule has 25 heavy (non-hydrogen) atoms. The maximum atomic E-state index is 14.6. The number of benzene rings is 1. The molecule has 0 saturated carbocycles. The second kappa shape index (κ2) is 6.91. The van der Waals surface area contributed by atoms with Crippen LogP contribution in [0.4, 0.5) is 20.6 Å². The van der Waals surface area contributed by atoms with E-state index in [-0.39, 0.29) is 11.9 Å². The van der Waals surface area contributed by atoms with Crippen molar-refractivity contribution in [2.45, 2.75) is 12.6 Å². The highest BCUT2D eigenvalue weighted by Crippen LogP contribution is 2.29. The van der Waals surface area contributed by atoms with Crippen molar-refractivity contribution in [2.75, 3.05) is 40.9 Å². The van der Waals surface area contributed by atoms with Crippen molar-refractivity contribution in [3.05, 3.63) is 36.4 Å². The first-order valence-electron chi connectivity index (χ1n) is 8.15. The van der Waals surface area contributed by atoms with Crippen molar-refractivity contribution in [1.29, 1.82) is 0 Å². The maximum absolute atomic E-state index is 14.6. The first kappa shape index (κ1) is 16.2. The normalized spacial score (nSPS) is 20.8. The van der Waals surface area contributed by atoms with Crippen molar-refractivity contribution >= 4 is 29.2 Å². The highest BCUT2D eigenvalue weighted by atomic mass is 32.2. The van der Waals surface area contributed by atoms with Crippen LogP contribution in [0.2, 0.25) is 0 Å². The summed E-state index contributed by atoms with van der Waals surface area (Å²) < 4.78 is 19.9. The molecule has 1 aromatic heterocycles. The monoisotopic (exact) mass is 363 g/mol. The van der Waals surface area contributed by atoms with Gasteiger partial charge in [0.2, 0.25) is 0 Å². The lowest BCUT2D eigenvalue weighted by Gasteiger charge is -2.29. The smallest absolute Gasteiger partial charge is 0.414 e. The maximum Gasteiger partial charge on any atom is 0.414 e. The Morgan fingerprint density at radius 2 is 2.00 bits per heavy atom. The molecule has 2 aromatic rings. The summed E-state index contributed by atoms with van der Waals surface area (Å²) in [4.78, 5) is 17.1. The van der Waals surface area contributed by atoms with Crippen LogP contribution in [0.5, 0.6) is 0 Å². The van der Waals surface area contributed by atoms with Gasteiger partial charge in [-0.05, 0) is 18.2 Å². The molecule has 0 bridgehead atoms. The number of halogens is 1. The molecule has 2 aliphatic rings. The fourth-order valence-electron chi connectivity index (χ4n) is 3.07. The minimum absolute atomic E-state index is 0.311. The molecule has 4 rings (SSSR count). The molecular formula is C16H18FN5O2S. The zero-order chi connectivity index (χ0) is 17.2. The number of hydrogen-bond donors (Lipinski definition) is 0. The molecule has 2 aliphatic heterocycles. The average Bonchev–Trinajstić information content (AvgIpc) is 3.25. The number of aromatic nitrogens is 3. The minimum atomic E-state index is -0.473. The summed E-state index contributed by atoms with van der Waals surface area (Å²) in [6.45, 7) is 2.40. The number of anilines is 2. The molecule has 1 amide bonds. The van der Waals surface area contributed by atoms with Crippen LogP contribution in [-0.2, 0) is 11.3 Å². The van der Waals surface area contributed by atoms with E-state index in [1.54, 1.807) is 24.5 Å². The highest BCUT2D eigenvalue weighted by Gasteiger charge is 2.33. The summed E-state index contributed by atoms with van der Waals surface area (Å²) in [5, 5.41) is 8.02. The van der Waals surface area contributed by atoms with Crippen molar-refractivity contribution in [2.24, 2.45) is 0 Å². The van der Waals surface area contributed by atoms with E-state index in [0.29, 0.717) is 24.5 Å². The Balaban J connectivity index is 1.47. The van der Waals surface area contributed by atoms with E-state index in [1.807, 2.05) is 16.7 Å². The predicted octanol–water partition coefficient (Wildman–Crippen LogP) is 2.00. The number of rotatable bonds is 4. The molecular weight excluding hydrogens is 345 g/mol. The fourth-order valence-corrected chi connectivity index (χ4v) is 3.97. The van der Waals surface area contributed by atoms with E-state index in [2.05, 4.69) is 10.2 Å². The minimum Gasteiger partial charge on any atom is -0.442 e. The first-order valence-corrected chi connectivity index (χ1v) is 9.30. The largest absolute Gasteiger partial charge is 0.442 e. The molecule has 3 heterocycles. The van der Waals surface area contributed by atoms with Gasteiger partial charge in [-0.2, -0.15) is 26.8 Å². The number of ether oxygens (including phenoxy) is 1. The lowest BCUT2D eigenvalue weighted by atomic mass is 10.2. The number of hydrogen-bond acceptors (Lipinski definition) is 6. The second-order valence-corrected chi connectivity index (χ2v) is 7.16. The van der Waals surface area contributed by atoms with Gasteiger partial charge in [0.05, 0.1) is 36.9 Å². The predicted molar refractivity (Wildman–Crippen MR) is 93.6 cm³/mol. The molecule has 0 aliphatic carbocycles. The molecule has 7 nitrogen and oxygen atoms in total. The van der Waals surface area contributed by atoms with Crippen LogP contribution in [0.25, 0.3) is 0 Å². The Morgan fingerprint density at radius 3 is 2.72 bits per heavy atom. The molecule has 1 unspecified atom stereocenters. The summed E-state index contributed by atoms with van der Waals surface area (Å²) >= 11 is 1.88. The third kappa shape index (κ3) is 3.41. The van der Waals surface area contributed by atoms with Gasteiger partial charge in [-0.1, -0.05) is 0 Å². The van der Waals surface area contributed by atoms with Crippen LogP contribution in [-0.4, -0.2) is 58.3 Å². The average molecular weight is 363 g/mol. The summed E-state index contributed by atoms with van der Waals surface area (Å²) in [7, 11) is 0. The lowest BCUT2D eigenvalue weighted by Crippen LogP contribution is -2.33. The van der Waals surface area contributed by atoms with Crippen molar-refractivity contribution in [3.8, 4) is 0 Å². The van der Waals surface area contributed by atoms with E-state index < -0.39 is 6.09 Å². The van der Waals surface area contributed by atoms with Crippen LogP contribution >= 0.6 is 11.8 Å². The Kier molecular flexibility index (Phi) is 4.48. The quantitative estimate of drug-likeness (QED) is 0.828. The number of amides is 1. The Bertz CT molecular complexity index is 751. The summed E-state index contributed by atoms with van der Waals surface area (Å²) in [5.74, 6) is 1.69. The van der Waals surface area contributed by atoms with E-state index in [9.17, 15) is 9.18 Å². The third-order valence-corrected chi connectivity index (χ3v) is 5.24. The topological polar surface area (TPSA) is 63.5 Å². The standard InChI is InChI=1S/C16H18FN5O2S/c17-14-9-12(1-2-15(14)20-5-7-25-8-6-20)21-10-13(24-16(21)23)11-22-18-3-4-19-22/h1-4,9,13H,5-8,10-11H2. The van der Waals surface area contributed by atoms with Gasteiger partial charge >= 0.3 is 6.09 Å². The Hall–Kier alpha value is -2.29. The molecule has 0 N–H and O–H groups in total. The molecule has 0 spiro atoms. The molecule has 1 atom stereocenters. The van der Waals surface area contributed by atoms with Gasteiger partial charge < -0.3 is 9.64 Å². The Morgan fingerprint density at radius 1 is 1.24 bits per heavy atom. The zero-order valence-electron chi connectivity index (χ0n) is 13.5. The second-order valence-electron chi connectivity index (χ2n) is 5.94. The summed E-state index contributed by atoms with van der Waals surface area (Å²) in [6.07, 6.45) is 2.31. The van der Waals surface area contributed by atoms with Gasteiger partial charge in [-0.15, -0.1) is 0 Å². The van der Waals surface area contributed by atoms with Gasteiger partial charge in [-0.25, -0.2) is 9.18 Å². The van der Waals surface area contributed by atoms with E-state index in [0.717, 1.165) is 24.6 Å². The number of carbonyl (C=O) groups is 1. The van der Waals surface area contributed by atoms with Crippen molar-refractivity contribution < 1.29 is 13.9 Å². The van der Waals surface area contributed by atoms with E-state index in [4.69, 9.17) is 4.74 Å². The van der Waals surface area contributed by atoms with Crippen LogP contribution in [0, 0.1) is 5.82 Å². The molecule has 0 radical (unpaired) electrons. The molecule has 9 heteroatoms. The van der Waals surface area contributed by atoms with Crippen LogP contribution in [0.1, 0.15) is 0 Å². The van der Waals surface area contributed by atoms with Crippen LogP contribution in [0.3, 0.4) is 0 Å². The van der Waals surface area contributed by atoms with Gasteiger partial charge in [0.1, 0.15) is 11.9 Å². The van der Waals surface area contributed by atoms with E-state index >= 15 is 0 Å². The zero-order valence-corrected chi connectivity index (χ0v) is 14.4. The van der Waals surface area contributed by atoms with Gasteiger partial charge in [0.15, 0.2) is 0 Å². The highest BCUT2D eigenvalue weighted by molar-refractivity contribution is 7.99. The number of nitrogens with zero attached hydrogens (tertiary/aromatic N) is 5. The van der Waals surface area contributed by atoms with Crippen molar-refractivity contribution in [1.82, 2.24) is 15.0 Å². The number of cyclic esters (lactones) is 1. The molecule has 132 valence electrons. The molecule has 2 fully saturated rings. The molecule has 1 aromatic carbocycles. The Labute approximate surface area is 148 Å². The van der Waals surface area contributed by atoms with Gasteiger partial charge in [0, 0.05) is 24.6 Å². The van der Waals surface area contributed by atoms with Gasteiger partial charge in [0.25, 0.3) is 0 Å². The van der Waals surface area contributed by atoms with Crippen LogP contribution in [0.15, 0.2) is 30.6 Å². The number of thioether (sulfide) groups is 1. The third-order valence-electron chi connectivity index (χ3n) is 4.30. The lowest BCUT2D eigenvalue weighted by molar-refractivity contribution is 0.126. The SMILES string of the molecule is O=C1OC(Cn2nccn2)CN1c1ccc(N2CCSCC2)c(F)c1. The fraction of sp³-hybridized carbons (Fsp3) is 0.438. The van der Waals surface area contributed by atoms with E-state index in [1.165, 1.54) is 15.8 Å².